The fraction of sp³-hybridized carbons (Fsp3) is 0.0588. The number of hydrogen-bond donors (Lipinski definition) is 1. The van der Waals surface area contributed by atoms with Crippen molar-refractivity contribution in [1.29, 1.82) is 0 Å². The number of carboxylic acids is 1. The predicted octanol–water partition coefficient (Wildman–Crippen LogP) is 4.89. The Labute approximate surface area is 144 Å². The van der Waals surface area contributed by atoms with Crippen molar-refractivity contribution in [2.24, 2.45) is 0 Å². The molecule has 0 spiro atoms. The maximum Gasteiger partial charge on any atom is 0.313 e. The van der Waals surface area contributed by atoms with Crippen LogP contribution in [0.3, 0.4) is 0 Å². The van der Waals surface area contributed by atoms with Gasteiger partial charge in [-0.2, -0.15) is 0 Å². The van der Waals surface area contributed by atoms with Crippen molar-refractivity contribution >= 4 is 50.3 Å². The summed E-state index contributed by atoms with van der Waals surface area (Å²) in [7, 11) is 0. The summed E-state index contributed by atoms with van der Waals surface area (Å²) in [6, 6.07) is 10.6. The number of hydrogen-bond acceptors (Lipinski definition) is 4. The first-order chi connectivity index (χ1) is 11.5. The second-order valence-electron chi connectivity index (χ2n) is 4.84. The first-order valence-corrected chi connectivity index (χ1v) is 8.70. The lowest BCUT2D eigenvalue weighted by Gasteiger charge is -2.04. The van der Waals surface area contributed by atoms with E-state index in [4.69, 9.17) is 5.11 Å². The van der Waals surface area contributed by atoms with Gasteiger partial charge >= 0.3 is 5.97 Å². The Hall–Kier alpha value is -2.25. The SMILES string of the molecule is O=C(O)CS/C(=C/c1cc(F)ccc1F)c1nc2ccccc2s1. The van der Waals surface area contributed by atoms with Crippen LogP contribution in [0.2, 0.25) is 0 Å². The second-order valence-corrected chi connectivity index (χ2v) is 6.89. The Morgan fingerprint density at radius 1 is 1.25 bits per heavy atom. The van der Waals surface area contributed by atoms with E-state index in [1.54, 1.807) is 0 Å². The molecule has 3 rings (SSSR count). The van der Waals surface area contributed by atoms with Crippen molar-refractivity contribution in [3.05, 3.63) is 64.7 Å². The molecule has 0 aliphatic heterocycles. The van der Waals surface area contributed by atoms with Crippen molar-refractivity contribution < 1.29 is 18.7 Å². The van der Waals surface area contributed by atoms with Crippen LogP contribution in [0.25, 0.3) is 21.2 Å². The number of carbonyl (C=O) groups is 1. The van der Waals surface area contributed by atoms with Crippen molar-refractivity contribution in [3.8, 4) is 0 Å². The van der Waals surface area contributed by atoms with Crippen LogP contribution < -0.4 is 0 Å². The zero-order valence-electron chi connectivity index (χ0n) is 12.2. The van der Waals surface area contributed by atoms with Gasteiger partial charge in [-0.1, -0.05) is 12.1 Å². The number of thiazole rings is 1. The topological polar surface area (TPSA) is 50.2 Å². The fourth-order valence-corrected chi connectivity index (χ4v) is 3.89. The zero-order valence-corrected chi connectivity index (χ0v) is 13.8. The van der Waals surface area contributed by atoms with Gasteiger partial charge in [-0.25, -0.2) is 13.8 Å². The summed E-state index contributed by atoms with van der Waals surface area (Å²) >= 11 is 2.40. The Kier molecular flexibility index (Phi) is 4.92. The maximum atomic E-state index is 13.9. The van der Waals surface area contributed by atoms with Gasteiger partial charge in [0.2, 0.25) is 0 Å². The molecular formula is C17H11F2NO2S2. The minimum absolute atomic E-state index is 0.0575. The van der Waals surface area contributed by atoms with Crippen LogP contribution in [0, 0.1) is 11.6 Å². The first kappa shape index (κ1) is 16.6. The molecule has 0 atom stereocenters. The summed E-state index contributed by atoms with van der Waals surface area (Å²) in [6.45, 7) is 0. The standard InChI is InChI=1S/C17H11F2NO2S2/c18-11-5-6-12(19)10(7-11)8-15(23-9-16(21)22)17-20-13-3-1-2-4-14(13)24-17/h1-8H,9H2,(H,21,22)/b15-8+. The molecule has 0 saturated heterocycles. The number of nitrogens with zero attached hydrogens (tertiary/aromatic N) is 1. The Bertz CT molecular complexity index is 904. The third-order valence-corrected chi connectivity index (χ3v) is 5.31. The van der Waals surface area contributed by atoms with E-state index < -0.39 is 17.6 Å². The number of rotatable bonds is 5. The van der Waals surface area contributed by atoms with Gasteiger partial charge in [-0.3, -0.25) is 4.79 Å². The highest BCUT2D eigenvalue weighted by atomic mass is 32.2. The third kappa shape index (κ3) is 3.80. The number of aromatic nitrogens is 1. The zero-order chi connectivity index (χ0) is 17.1. The summed E-state index contributed by atoms with van der Waals surface area (Å²) in [4.78, 5) is 15.8. The third-order valence-electron chi connectivity index (χ3n) is 3.10. The first-order valence-electron chi connectivity index (χ1n) is 6.90. The van der Waals surface area contributed by atoms with Crippen LogP contribution in [-0.2, 0) is 4.79 Å². The molecule has 0 unspecified atom stereocenters. The lowest BCUT2D eigenvalue weighted by molar-refractivity contribution is -0.133. The van der Waals surface area contributed by atoms with Crippen LogP contribution in [0.5, 0.6) is 0 Å². The fourth-order valence-electron chi connectivity index (χ4n) is 2.05. The predicted molar refractivity (Wildman–Crippen MR) is 93.9 cm³/mol. The molecule has 3 nitrogen and oxygen atoms in total. The van der Waals surface area contributed by atoms with E-state index in [0.717, 1.165) is 40.2 Å². The van der Waals surface area contributed by atoms with Crippen molar-refractivity contribution in [3.63, 3.8) is 0 Å². The highest BCUT2D eigenvalue weighted by Crippen LogP contribution is 2.35. The monoisotopic (exact) mass is 363 g/mol. The van der Waals surface area contributed by atoms with E-state index in [-0.39, 0.29) is 11.3 Å². The van der Waals surface area contributed by atoms with Crippen LogP contribution in [0.4, 0.5) is 8.78 Å². The highest BCUT2D eigenvalue weighted by Gasteiger charge is 2.13. The molecule has 1 N–H and O–H groups in total. The molecule has 7 heteroatoms. The van der Waals surface area contributed by atoms with E-state index in [9.17, 15) is 13.6 Å². The number of carboxylic acid groups (broad SMARTS) is 1. The summed E-state index contributed by atoms with van der Waals surface area (Å²) in [5.41, 5.74) is 0.834. The Morgan fingerprint density at radius 3 is 2.79 bits per heavy atom. The molecule has 0 aliphatic rings. The van der Waals surface area contributed by atoms with E-state index in [1.807, 2.05) is 24.3 Å². The number of thioether (sulfide) groups is 1. The van der Waals surface area contributed by atoms with Crippen molar-refractivity contribution in [2.75, 3.05) is 5.75 Å². The van der Waals surface area contributed by atoms with Gasteiger partial charge in [-0.15, -0.1) is 23.1 Å². The molecule has 1 aromatic heterocycles. The van der Waals surface area contributed by atoms with Gasteiger partial charge in [0.1, 0.15) is 16.6 Å². The maximum absolute atomic E-state index is 13.9. The summed E-state index contributed by atoms with van der Waals surface area (Å²) in [5.74, 6) is -2.33. The van der Waals surface area contributed by atoms with Crippen LogP contribution in [0.1, 0.15) is 10.6 Å². The summed E-state index contributed by atoms with van der Waals surface area (Å²) in [5, 5.41) is 9.49. The van der Waals surface area contributed by atoms with Crippen molar-refractivity contribution in [1.82, 2.24) is 4.98 Å². The van der Waals surface area contributed by atoms with E-state index >= 15 is 0 Å². The largest absolute Gasteiger partial charge is 0.481 e. The molecule has 0 radical (unpaired) electrons. The number of para-hydroxylation sites is 1. The molecule has 0 amide bonds. The average Bonchev–Trinajstić information content (AvgIpc) is 2.98. The van der Waals surface area contributed by atoms with Gasteiger partial charge < -0.3 is 5.11 Å². The van der Waals surface area contributed by atoms with Gasteiger partial charge in [0, 0.05) is 10.5 Å². The van der Waals surface area contributed by atoms with Crippen LogP contribution >= 0.6 is 23.1 Å². The molecular weight excluding hydrogens is 352 g/mol. The molecule has 0 bridgehead atoms. The Balaban J connectivity index is 2.06. The van der Waals surface area contributed by atoms with Gasteiger partial charge in [0.15, 0.2) is 0 Å². The molecule has 0 aliphatic carbocycles. The van der Waals surface area contributed by atoms with E-state index in [2.05, 4.69) is 4.98 Å². The molecule has 1 heterocycles. The van der Waals surface area contributed by atoms with Crippen molar-refractivity contribution in [2.45, 2.75) is 0 Å². The number of aliphatic carboxylic acids is 1. The molecule has 122 valence electrons. The summed E-state index contributed by atoms with van der Waals surface area (Å²) in [6.07, 6.45) is 1.43. The molecule has 3 aromatic rings. The average molecular weight is 363 g/mol. The minimum Gasteiger partial charge on any atom is -0.481 e. The lowest BCUT2D eigenvalue weighted by atomic mass is 10.2. The normalized spacial score (nSPS) is 11.8. The smallest absolute Gasteiger partial charge is 0.313 e. The van der Waals surface area contributed by atoms with Gasteiger partial charge in [0.05, 0.1) is 16.0 Å². The van der Waals surface area contributed by atoms with Gasteiger partial charge in [0.25, 0.3) is 0 Å². The van der Waals surface area contributed by atoms with E-state index in [0.29, 0.717) is 9.91 Å². The quantitative estimate of drug-likeness (QED) is 0.701. The lowest BCUT2D eigenvalue weighted by Crippen LogP contribution is -1.98. The molecule has 24 heavy (non-hydrogen) atoms. The number of fused-ring (bicyclic) bond motifs is 1. The number of halogens is 2. The van der Waals surface area contributed by atoms with Gasteiger partial charge in [-0.05, 0) is 36.4 Å². The molecule has 0 saturated carbocycles. The van der Waals surface area contributed by atoms with E-state index in [1.165, 1.54) is 17.4 Å². The van der Waals surface area contributed by atoms with Crippen LogP contribution in [0.15, 0.2) is 42.5 Å². The Morgan fingerprint density at radius 2 is 2.04 bits per heavy atom. The minimum atomic E-state index is -0.994. The summed E-state index contributed by atoms with van der Waals surface area (Å²) < 4.78 is 28.2. The second kappa shape index (κ2) is 7.11. The van der Waals surface area contributed by atoms with Crippen LogP contribution in [-0.4, -0.2) is 21.8 Å². The molecule has 0 fully saturated rings. The highest BCUT2D eigenvalue weighted by molar-refractivity contribution is 8.09. The molecule has 2 aromatic carbocycles. The number of benzene rings is 2.